The second-order valence-electron chi connectivity index (χ2n) is 9.93. The smallest absolute Gasteiger partial charge is 0.339 e. The highest BCUT2D eigenvalue weighted by molar-refractivity contribution is 14.1. The normalized spacial score (nSPS) is 28.2. The van der Waals surface area contributed by atoms with Crippen molar-refractivity contribution in [3.8, 4) is 5.75 Å². The highest BCUT2D eigenvalue weighted by Gasteiger charge is 2.74. The lowest BCUT2D eigenvalue weighted by Gasteiger charge is -2.27. The molecule has 40 heavy (non-hydrogen) atoms. The van der Waals surface area contributed by atoms with E-state index in [1.807, 2.05) is 28.7 Å². The topological polar surface area (TPSA) is 160 Å². The molecule has 0 spiro atoms. The molecule has 216 valence electrons. The summed E-state index contributed by atoms with van der Waals surface area (Å²) in [5, 5.41) is -1.36. The van der Waals surface area contributed by atoms with E-state index in [0.717, 1.165) is 7.14 Å². The van der Waals surface area contributed by atoms with E-state index in [-0.39, 0.29) is 33.3 Å². The van der Waals surface area contributed by atoms with E-state index in [4.69, 9.17) is 18.4 Å². The van der Waals surface area contributed by atoms with Crippen LogP contribution in [-0.4, -0.2) is 63.0 Å². The van der Waals surface area contributed by atoms with Crippen LogP contribution in [-0.2, 0) is 38.7 Å². The highest BCUT2D eigenvalue weighted by atomic mass is 127. The van der Waals surface area contributed by atoms with Crippen LogP contribution in [0.3, 0.4) is 0 Å². The Morgan fingerprint density at radius 2 is 1.73 bits per heavy atom. The van der Waals surface area contributed by atoms with Crippen LogP contribution in [0.1, 0.15) is 41.3 Å². The SMILES string of the molecule is Cc1cc(S(=O)(=O)O)c(C(C)C)cc1OC(=O)C1C2OC3C(OS(=O)(=O)C31)C2OC(=O)c1cc(I)cc(I)c1I. The number of fused-ring (bicyclic) bond motifs is 1. The Kier molecular flexibility index (Phi) is 8.32. The van der Waals surface area contributed by atoms with Crippen molar-refractivity contribution in [3.05, 3.63) is 51.7 Å². The fourth-order valence-corrected chi connectivity index (χ4v) is 10.4. The highest BCUT2D eigenvalue weighted by Crippen LogP contribution is 2.52. The fourth-order valence-electron chi connectivity index (χ4n) is 5.26. The molecule has 3 heterocycles. The van der Waals surface area contributed by atoms with Gasteiger partial charge in [0.15, 0.2) is 6.10 Å². The standard InChI is InChI=1S/C24H21I3O11S2/c1-8(2)11-7-14(9(3)4-15(11)39(30,31)32)35-24(29)16-18-19(20-21(36-18)22(16)40(33,34)38-20)37-23(28)12-5-10(25)6-13(26)17(12)27/h4-8,16,18-22H,1-3H3,(H,30,31,32). The second-order valence-corrected chi connectivity index (χ2v) is 16.5. The number of hydrogen-bond donors (Lipinski definition) is 1. The molecule has 0 amide bonds. The van der Waals surface area contributed by atoms with Crippen molar-refractivity contribution in [1.29, 1.82) is 0 Å². The number of aryl methyl sites for hydroxylation is 1. The van der Waals surface area contributed by atoms with Gasteiger partial charge in [-0.05, 0) is 116 Å². The lowest BCUT2D eigenvalue weighted by molar-refractivity contribution is -0.142. The molecule has 2 aromatic rings. The maximum absolute atomic E-state index is 13.5. The second kappa shape index (κ2) is 10.8. The van der Waals surface area contributed by atoms with Gasteiger partial charge in [0.25, 0.3) is 20.2 Å². The largest absolute Gasteiger partial charge is 0.453 e. The quantitative estimate of drug-likeness (QED) is 0.112. The van der Waals surface area contributed by atoms with Crippen LogP contribution in [0.4, 0.5) is 0 Å². The molecule has 1 N–H and O–H groups in total. The Morgan fingerprint density at radius 3 is 2.35 bits per heavy atom. The number of hydrogen-bond acceptors (Lipinski definition) is 10. The molecule has 3 aliphatic rings. The van der Waals surface area contributed by atoms with Crippen molar-refractivity contribution in [3.63, 3.8) is 0 Å². The average molecular weight is 930 g/mol. The van der Waals surface area contributed by atoms with Gasteiger partial charge in [0.2, 0.25) is 0 Å². The van der Waals surface area contributed by atoms with Gasteiger partial charge in [0.1, 0.15) is 35.2 Å². The third kappa shape index (κ3) is 5.32. The summed E-state index contributed by atoms with van der Waals surface area (Å²) in [5.41, 5.74) is 0.723. The lowest BCUT2D eigenvalue weighted by Crippen LogP contribution is -2.50. The van der Waals surface area contributed by atoms with Gasteiger partial charge in [-0.15, -0.1) is 0 Å². The zero-order valence-corrected chi connectivity index (χ0v) is 28.9. The van der Waals surface area contributed by atoms with Gasteiger partial charge in [0, 0.05) is 10.7 Å². The Morgan fingerprint density at radius 1 is 1.05 bits per heavy atom. The van der Waals surface area contributed by atoms with Gasteiger partial charge in [-0.1, -0.05) is 13.8 Å². The summed E-state index contributed by atoms with van der Waals surface area (Å²) < 4.78 is 84.0. The van der Waals surface area contributed by atoms with Crippen molar-refractivity contribution >= 4 is 99.9 Å². The van der Waals surface area contributed by atoms with Crippen molar-refractivity contribution in [2.45, 2.75) is 61.3 Å². The Hall–Kier alpha value is -0.650. The molecule has 3 fully saturated rings. The van der Waals surface area contributed by atoms with Crippen molar-refractivity contribution < 1.29 is 49.4 Å². The summed E-state index contributed by atoms with van der Waals surface area (Å²) >= 11 is 6.19. The lowest BCUT2D eigenvalue weighted by atomic mass is 9.84. The minimum absolute atomic E-state index is 0.00623. The number of halogens is 3. The van der Waals surface area contributed by atoms with Crippen LogP contribution in [0.5, 0.6) is 5.75 Å². The zero-order valence-electron chi connectivity index (χ0n) is 20.8. The van der Waals surface area contributed by atoms with Gasteiger partial charge in [0.05, 0.1) is 10.5 Å². The summed E-state index contributed by atoms with van der Waals surface area (Å²) in [6.45, 7) is 4.89. The fraction of sp³-hybridized carbons (Fsp3) is 0.417. The van der Waals surface area contributed by atoms with E-state index in [2.05, 4.69) is 45.2 Å². The first-order valence-electron chi connectivity index (χ1n) is 11.8. The molecule has 0 radical (unpaired) electrons. The summed E-state index contributed by atoms with van der Waals surface area (Å²) in [4.78, 5) is 26.4. The van der Waals surface area contributed by atoms with E-state index in [1.54, 1.807) is 19.9 Å². The molecular weight excluding hydrogens is 909 g/mol. The van der Waals surface area contributed by atoms with Crippen molar-refractivity contribution in [2.75, 3.05) is 0 Å². The summed E-state index contributed by atoms with van der Waals surface area (Å²) in [6.07, 6.45) is -4.47. The molecule has 6 unspecified atom stereocenters. The number of benzene rings is 2. The Labute approximate surface area is 271 Å². The van der Waals surface area contributed by atoms with Crippen LogP contribution < -0.4 is 4.74 Å². The average Bonchev–Trinajstić information content (AvgIpc) is 3.44. The van der Waals surface area contributed by atoms with Crippen LogP contribution >= 0.6 is 67.8 Å². The summed E-state index contributed by atoms with van der Waals surface area (Å²) in [6, 6.07) is 6.05. The minimum Gasteiger partial charge on any atom is -0.453 e. The van der Waals surface area contributed by atoms with E-state index in [9.17, 15) is 31.0 Å². The van der Waals surface area contributed by atoms with E-state index in [0.29, 0.717) is 3.57 Å². The molecule has 0 saturated carbocycles. The molecule has 11 nitrogen and oxygen atoms in total. The first kappa shape index (κ1) is 30.8. The molecule has 2 aromatic carbocycles. The van der Waals surface area contributed by atoms with Gasteiger partial charge in [-0.25, -0.2) is 4.79 Å². The molecular formula is C24H21I3O11S2. The molecule has 0 aliphatic carbocycles. The monoisotopic (exact) mass is 930 g/mol. The first-order valence-corrected chi connectivity index (χ1v) is 17.9. The molecule has 6 atom stereocenters. The maximum atomic E-state index is 13.5. The summed E-state index contributed by atoms with van der Waals surface area (Å²) in [5.74, 6) is -3.40. The predicted molar refractivity (Wildman–Crippen MR) is 164 cm³/mol. The van der Waals surface area contributed by atoms with Crippen LogP contribution in [0.15, 0.2) is 29.2 Å². The predicted octanol–water partition coefficient (Wildman–Crippen LogP) is 3.80. The number of esters is 2. The van der Waals surface area contributed by atoms with Gasteiger partial charge in [-0.2, -0.15) is 16.8 Å². The van der Waals surface area contributed by atoms with Crippen molar-refractivity contribution in [1.82, 2.24) is 0 Å². The number of rotatable bonds is 6. The Balaban J connectivity index is 1.46. The minimum atomic E-state index is -4.55. The number of ether oxygens (including phenoxy) is 3. The molecule has 3 aliphatic heterocycles. The molecule has 0 aromatic heterocycles. The van der Waals surface area contributed by atoms with Gasteiger partial charge >= 0.3 is 11.9 Å². The molecule has 3 saturated heterocycles. The van der Waals surface area contributed by atoms with Gasteiger partial charge < -0.3 is 14.2 Å². The molecule has 2 bridgehead atoms. The van der Waals surface area contributed by atoms with Crippen molar-refractivity contribution in [2.24, 2.45) is 5.92 Å². The zero-order chi connectivity index (χ0) is 29.5. The number of carbonyl (C=O) groups is 2. The van der Waals surface area contributed by atoms with E-state index in [1.165, 1.54) is 19.1 Å². The van der Waals surface area contributed by atoms with E-state index >= 15 is 0 Å². The molecule has 16 heteroatoms. The van der Waals surface area contributed by atoms with Crippen LogP contribution in [0.25, 0.3) is 0 Å². The van der Waals surface area contributed by atoms with Crippen LogP contribution in [0.2, 0.25) is 0 Å². The summed E-state index contributed by atoms with van der Waals surface area (Å²) in [7, 11) is -8.81. The van der Waals surface area contributed by atoms with Gasteiger partial charge in [-0.3, -0.25) is 13.5 Å². The third-order valence-corrected chi connectivity index (χ3v) is 13.3. The van der Waals surface area contributed by atoms with Crippen LogP contribution in [0, 0.1) is 23.6 Å². The first-order chi connectivity index (χ1) is 18.5. The maximum Gasteiger partial charge on any atom is 0.339 e. The Bertz CT molecular complexity index is 1660. The molecule has 5 rings (SSSR count). The van der Waals surface area contributed by atoms with E-state index < -0.39 is 67.8 Å². The third-order valence-electron chi connectivity index (χ3n) is 7.04. The number of carbonyl (C=O) groups excluding carboxylic acids is 2.